The maximum atomic E-state index is 12.3. The number of hydrogen-bond donors (Lipinski definition) is 1. The number of carbonyl (C=O) groups excluding carboxylic acids is 1. The van der Waals surface area contributed by atoms with Crippen LogP contribution in [-0.2, 0) is 0 Å². The van der Waals surface area contributed by atoms with Crippen LogP contribution in [-0.4, -0.2) is 27.9 Å². The van der Waals surface area contributed by atoms with Gasteiger partial charge in [-0.05, 0) is 32.2 Å². The van der Waals surface area contributed by atoms with Gasteiger partial charge in [-0.25, -0.2) is 0 Å². The topological polar surface area (TPSA) is 46.3 Å². The summed E-state index contributed by atoms with van der Waals surface area (Å²) >= 11 is 6.32. The summed E-state index contributed by atoms with van der Waals surface area (Å²) in [7, 11) is 0. The van der Waals surface area contributed by atoms with Crippen LogP contribution in [0.5, 0.6) is 0 Å². The Bertz CT molecular complexity index is 393. The van der Waals surface area contributed by atoms with E-state index < -0.39 is 0 Å². The Kier molecular flexibility index (Phi) is 4.65. The first-order chi connectivity index (χ1) is 7.82. The monoisotopic (exact) mass is 270 g/mol. The molecule has 0 fully saturated rings. The molecule has 1 aromatic rings. The standard InChI is InChI=1S/C12H18N2OS2/c1-12(2,3)14(7-6-10(13)16)11(15)9-5-4-8-17-9/h4-5,8H,6-7H2,1-3H3,(H2,13,16). The van der Waals surface area contributed by atoms with Crippen LogP contribution < -0.4 is 5.73 Å². The summed E-state index contributed by atoms with van der Waals surface area (Å²) in [6.07, 6.45) is 0.559. The van der Waals surface area contributed by atoms with E-state index >= 15 is 0 Å². The van der Waals surface area contributed by atoms with Gasteiger partial charge in [-0.2, -0.15) is 0 Å². The van der Waals surface area contributed by atoms with Crippen molar-refractivity contribution in [2.75, 3.05) is 6.54 Å². The van der Waals surface area contributed by atoms with E-state index in [0.29, 0.717) is 18.0 Å². The summed E-state index contributed by atoms with van der Waals surface area (Å²) in [5, 5.41) is 1.90. The summed E-state index contributed by atoms with van der Waals surface area (Å²) in [5.74, 6) is 0.0451. The second-order valence-corrected chi connectivity index (χ2v) is 6.29. The van der Waals surface area contributed by atoms with Gasteiger partial charge in [0.05, 0.1) is 9.87 Å². The molecular weight excluding hydrogens is 252 g/mol. The quantitative estimate of drug-likeness (QED) is 0.856. The zero-order valence-corrected chi connectivity index (χ0v) is 12.0. The Labute approximate surface area is 112 Å². The van der Waals surface area contributed by atoms with Gasteiger partial charge in [0.1, 0.15) is 0 Å². The number of nitrogens with two attached hydrogens (primary N) is 1. The number of carbonyl (C=O) groups is 1. The minimum atomic E-state index is -0.230. The van der Waals surface area contributed by atoms with E-state index in [9.17, 15) is 4.79 Å². The molecule has 0 aliphatic carbocycles. The fourth-order valence-corrected chi connectivity index (χ4v) is 2.26. The maximum Gasteiger partial charge on any atom is 0.264 e. The van der Waals surface area contributed by atoms with Gasteiger partial charge in [0.15, 0.2) is 0 Å². The SMILES string of the molecule is CC(C)(C)N(CCC(N)=S)C(=O)c1cccs1. The Morgan fingerprint density at radius 2 is 2.18 bits per heavy atom. The number of nitrogens with zero attached hydrogens (tertiary/aromatic N) is 1. The predicted molar refractivity (Wildman–Crippen MR) is 76.5 cm³/mol. The number of thiocarbonyl (C=S) groups is 1. The third-order valence-corrected chi connectivity index (χ3v) is 3.43. The van der Waals surface area contributed by atoms with E-state index in [-0.39, 0.29) is 11.4 Å². The highest BCUT2D eigenvalue weighted by Crippen LogP contribution is 2.20. The molecule has 1 rings (SSSR count). The lowest BCUT2D eigenvalue weighted by atomic mass is 10.1. The fourth-order valence-electron chi connectivity index (χ4n) is 1.50. The van der Waals surface area contributed by atoms with E-state index in [2.05, 4.69) is 0 Å². The predicted octanol–water partition coefficient (Wildman–Crippen LogP) is 2.67. The minimum absolute atomic E-state index is 0.0451. The third-order valence-electron chi connectivity index (χ3n) is 2.37. The van der Waals surface area contributed by atoms with Crippen LogP contribution in [0.25, 0.3) is 0 Å². The van der Waals surface area contributed by atoms with Gasteiger partial charge in [0.2, 0.25) is 0 Å². The largest absolute Gasteiger partial charge is 0.393 e. The maximum absolute atomic E-state index is 12.3. The molecule has 0 aliphatic rings. The summed E-state index contributed by atoms with van der Waals surface area (Å²) in [6, 6.07) is 3.72. The second-order valence-electron chi connectivity index (χ2n) is 4.82. The molecule has 5 heteroatoms. The van der Waals surface area contributed by atoms with Gasteiger partial charge in [-0.15, -0.1) is 11.3 Å². The minimum Gasteiger partial charge on any atom is -0.393 e. The summed E-state index contributed by atoms with van der Waals surface area (Å²) in [6.45, 7) is 6.60. The molecule has 0 atom stereocenters. The number of hydrogen-bond acceptors (Lipinski definition) is 3. The molecule has 0 aliphatic heterocycles. The molecule has 94 valence electrons. The molecule has 0 bridgehead atoms. The van der Waals surface area contributed by atoms with E-state index in [1.807, 2.05) is 43.2 Å². The first-order valence-electron chi connectivity index (χ1n) is 5.46. The molecule has 3 nitrogen and oxygen atoms in total. The van der Waals surface area contributed by atoms with Gasteiger partial charge in [-0.1, -0.05) is 18.3 Å². The van der Waals surface area contributed by atoms with Crippen molar-refractivity contribution in [3.05, 3.63) is 22.4 Å². The number of amides is 1. The van der Waals surface area contributed by atoms with Gasteiger partial charge in [0, 0.05) is 18.5 Å². The molecular formula is C12H18N2OS2. The lowest BCUT2D eigenvalue weighted by Crippen LogP contribution is -2.46. The molecule has 17 heavy (non-hydrogen) atoms. The second kappa shape index (κ2) is 5.60. The molecule has 1 amide bonds. The normalized spacial score (nSPS) is 11.2. The lowest BCUT2D eigenvalue weighted by Gasteiger charge is -2.35. The first-order valence-corrected chi connectivity index (χ1v) is 6.75. The van der Waals surface area contributed by atoms with E-state index in [4.69, 9.17) is 18.0 Å². The van der Waals surface area contributed by atoms with Crippen molar-refractivity contribution in [2.45, 2.75) is 32.7 Å². The van der Waals surface area contributed by atoms with Crippen LogP contribution in [0.4, 0.5) is 0 Å². The molecule has 1 aromatic heterocycles. The van der Waals surface area contributed by atoms with Gasteiger partial charge in [0.25, 0.3) is 5.91 Å². The van der Waals surface area contributed by atoms with Crippen molar-refractivity contribution >= 4 is 34.5 Å². The van der Waals surface area contributed by atoms with E-state index in [0.717, 1.165) is 4.88 Å². The summed E-state index contributed by atoms with van der Waals surface area (Å²) in [4.78, 5) is 15.3. The molecule has 0 spiro atoms. The van der Waals surface area contributed by atoms with Crippen LogP contribution >= 0.6 is 23.6 Å². The molecule has 0 aromatic carbocycles. The summed E-state index contributed by atoms with van der Waals surface area (Å²) < 4.78 is 0. The van der Waals surface area contributed by atoms with Crippen LogP contribution in [0, 0.1) is 0 Å². The third kappa shape index (κ3) is 4.09. The molecule has 0 radical (unpaired) electrons. The van der Waals surface area contributed by atoms with Gasteiger partial charge < -0.3 is 10.6 Å². The van der Waals surface area contributed by atoms with Crippen LogP contribution in [0.2, 0.25) is 0 Å². The fraction of sp³-hybridized carbons (Fsp3) is 0.500. The molecule has 0 saturated heterocycles. The average Bonchev–Trinajstić information content (AvgIpc) is 2.67. The molecule has 0 saturated carbocycles. The van der Waals surface area contributed by atoms with Gasteiger partial charge in [-0.3, -0.25) is 4.79 Å². The highest BCUT2D eigenvalue weighted by atomic mass is 32.1. The van der Waals surface area contributed by atoms with Crippen LogP contribution in [0.1, 0.15) is 36.9 Å². The van der Waals surface area contributed by atoms with Crippen molar-refractivity contribution in [3.8, 4) is 0 Å². The molecule has 2 N–H and O–H groups in total. The van der Waals surface area contributed by atoms with Gasteiger partial charge >= 0.3 is 0 Å². The number of rotatable bonds is 4. The Morgan fingerprint density at radius 1 is 1.53 bits per heavy atom. The Balaban J connectivity index is 2.84. The zero-order valence-electron chi connectivity index (χ0n) is 10.4. The van der Waals surface area contributed by atoms with Crippen molar-refractivity contribution in [1.29, 1.82) is 0 Å². The van der Waals surface area contributed by atoms with Crippen LogP contribution in [0.3, 0.4) is 0 Å². The highest BCUT2D eigenvalue weighted by molar-refractivity contribution is 7.80. The molecule has 0 unspecified atom stereocenters. The average molecular weight is 270 g/mol. The smallest absolute Gasteiger partial charge is 0.264 e. The summed E-state index contributed by atoms with van der Waals surface area (Å²) in [5.41, 5.74) is 5.27. The Morgan fingerprint density at radius 3 is 2.59 bits per heavy atom. The Hall–Kier alpha value is -0.940. The van der Waals surface area contributed by atoms with Crippen molar-refractivity contribution in [1.82, 2.24) is 4.90 Å². The first kappa shape index (κ1) is 14.1. The lowest BCUT2D eigenvalue weighted by molar-refractivity contribution is 0.0596. The van der Waals surface area contributed by atoms with Crippen molar-refractivity contribution in [3.63, 3.8) is 0 Å². The van der Waals surface area contributed by atoms with E-state index in [1.54, 1.807) is 0 Å². The van der Waals surface area contributed by atoms with E-state index in [1.165, 1.54) is 11.3 Å². The highest BCUT2D eigenvalue weighted by Gasteiger charge is 2.27. The molecule has 1 heterocycles. The number of thiophene rings is 1. The van der Waals surface area contributed by atoms with Crippen molar-refractivity contribution in [2.24, 2.45) is 5.73 Å². The zero-order chi connectivity index (χ0) is 13.1. The van der Waals surface area contributed by atoms with Crippen LogP contribution in [0.15, 0.2) is 17.5 Å². The van der Waals surface area contributed by atoms with Crippen molar-refractivity contribution < 1.29 is 4.79 Å².